The van der Waals surface area contributed by atoms with E-state index in [0.29, 0.717) is 25.4 Å². The number of furan rings is 1. The van der Waals surface area contributed by atoms with Crippen molar-refractivity contribution in [3.05, 3.63) is 58.5 Å². The van der Waals surface area contributed by atoms with Crippen LogP contribution in [0.4, 0.5) is 11.4 Å². The summed E-state index contributed by atoms with van der Waals surface area (Å²) in [7, 11) is 1.61. The molecule has 1 N–H and O–H groups in total. The average molecular weight is 415 g/mol. The molecule has 0 unspecified atom stereocenters. The summed E-state index contributed by atoms with van der Waals surface area (Å²) in [6.45, 7) is 3.36. The van der Waals surface area contributed by atoms with Crippen molar-refractivity contribution in [3.8, 4) is 0 Å². The lowest BCUT2D eigenvalue weighted by Gasteiger charge is -2.36. The molecule has 1 aromatic heterocycles. The Labute approximate surface area is 174 Å². The van der Waals surface area contributed by atoms with E-state index in [1.807, 2.05) is 4.90 Å². The first kappa shape index (κ1) is 21.3. The van der Waals surface area contributed by atoms with Gasteiger partial charge in [-0.05, 0) is 24.3 Å². The van der Waals surface area contributed by atoms with Crippen LogP contribution in [0.25, 0.3) is 0 Å². The van der Waals surface area contributed by atoms with Crippen LogP contribution in [-0.2, 0) is 16.1 Å². The van der Waals surface area contributed by atoms with Crippen molar-refractivity contribution in [2.75, 3.05) is 51.2 Å². The predicted octanol–water partition coefficient (Wildman–Crippen LogP) is 1.08. The van der Waals surface area contributed by atoms with Gasteiger partial charge in [-0.1, -0.05) is 0 Å². The highest BCUT2D eigenvalue weighted by atomic mass is 16.6. The maximum absolute atomic E-state index is 12.4. The molecule has 0 radical (unpaired) electrons. The first-order chi connectivity index (χ1) is 14.4. The van der Waals surface area contributed by atoms with Crippen LogP contribution in [0.2, 0.25) is 0 Å². The molecule has 1 aliphatic heterocycles. The molecule has 10 heteroatoms. The van der Waals surface area contributed by atoms with Crippen molar-refractivity contribution in [1.82, 2.24) is 15.1 Å². The molecule has 160 valence electrons. The van der Waals surface area contributed by atoms with Gasteiger partial charge in [0.05, 0.1) is 30.8 Å². The molecule has 2 heterocycles. The number of nitro benzene ring substituents is 1. The number of nitro groups is 1. The monoisotopic (exact) mass is 415 g/mol. The summed E-state index contributed by atoms with van der Waals surface area (Å²) in [6.07, 6.45) is 1.54. The number of likely N-dealkylation sites (N-methyl/N-ethyl adjacent to an activating group) is 1. The Balaban J connectivity index is 1.39. The molecule has 2 aromatic rings. The fraction of sp³-hybridized carbons (Fsp3) is 0.400. The SMILES string of the molecule is CN(CC(=O)NCc1ccco1)C(=O)CN1CCN(c2ccc([N+](=O)[O-])cc2)CC1. The smallest absolute Gasteiger partial charge is 0.269 e. The summed E-state index contributed by atoms with van der Waals surface area (Å²) in [5.74, 6) is 0.292. The van der Waals surface area contributed by atoms with Gasteiger partial charge in [0.1, 0.15) is 5.76 Å². The van der Waals surface area contributed by atoms with Crippen LogP contribution in [0.3, 0.4) is 0 Å². The molecule has 3 rings (SSSR count). The molecule has 0 aliphatic carbocycles. The summed E-state index contributed by atoms with van der Waals surface area (Å²) < 4.78 is 5.16. The molecule has 0 atom stereocenters. The first-order valence-electron chi connectivity index (χ1n) is 9.67. The summed E-state index contributed by atoms with van der Waals surface area (Å²) in [5.41, 5.74) is 0.996. The van der Waals surface area contributed by atoms with Gasteiger partial charge in [-0.15, -0.1) is 0 Å². The molecule has 30 heavy (non-hydrogen) atoms. The number of carbonyl (C=O) groups excluding carboxylic acids is 2. The van der Waals surface area contributed by atoms with E-state index in [4.69, 9.17) is 4.42 Å². The van der Waals surface area contributed by atoms with Crippen molar-refractivity contribution in [3.63, 3.8) is 0 Å². The maximum atomic E-state index is 12.4. The lowest BCUT2D eigenvalue weighted by molar-refractivity contribution is -0.384. The minimum absolute atomic E-state index is 0.0116. The van der Waals surface area contributed by atoms with E-state index in [-0.39, 0.29) is 30.6 Å². The average Bonchev–Trinajstić information content (AvgIpc) is 3.26. The quantitative estimate of drug-likeness (QED) is 0.507. The number of non-ortho nitro benzene ring substituents is 1. The van der Waals surface area contributed by atoms with Crippen molar-refractivity contribution in [1.29, 1.82) is 0 Å². The topological polar surface area (TPSA) is 112 Å². The number of rotatable bonds is 8. The summed E-state index contributed by atoms with van der Waals surface area (Å²) in [5, 5.41) is 13.5. The Morgan fingerprint density at radius 2 is 1.87 bits per heavy atom. The van der Waals surface area contributed by atoms with Gasteiger partial charge in [-0.3, -0.25) is 24.6 Å². The molecule has 1 fully saturated rings. The van der Waals surface area contributed by atoms with Crippen LogP contribution in [0.5, 0.6) is 0 Å². The predicted molar refractivity (Wildman–Crippen MR) is 110 cm³/mol. The van der Waals surface area contributed by atoms with E-state index in [1.165, 1.54) is 17.0 Å². The van der Waals surface area contributed by atoms with Crippen LogP contribution < -0.4 is 10.2 Å². The normalized spacial score (nSPS) is 14.4. The van der Waals surface area contributed by atoms with Crippen LogP contribution in [0.15, 0.2) is 47.1 Å². The zero-order chi connectivity index (χ0) is 21.5. The number of hydrogen-bond donors (Lipinski definition) is 1. The van der Waals surface area contributed by atoms with Gasteiger partial charge < -0.3 is 19.5 Å². The second-order valence-corrected chi connectivity index (χ2v) is 7.14. The Bertz CT molecular complexity index is 860. The van der Waals surface area contributed by atoms with Crippen molar-refractivity contribution in [2.45, 2.75) is 6.54 Å². The van der Waals surface area contributed by atoms with E-state index >= 15 is 0 Å². The fourth-order valence-corrected chi connectivity index (χ4v) is 3.22. The summed E-state index contributed by atoms with van der Waals surface area (Å²) in [6, 6.07) is 10.0. The Morgan fingerprint density at radius 3 is 2.47 bits per heavy atom. The number of amides is 2. The fourth-order valence-electron chi connectivity index (χ4n) is 3.22. The van der Waals surface area contributed by atoms with Crippen LogP contribution in [0.1, 0.15) is 5.76 Å². The lowest BCUT2D eigenvalue weighted by Crippen LogP contribution is -2.50. The Morgan fingerprint density at radius 1 is 1.17 bits per heavy atom. The molecule has 1 aliphatic rings. The molecular formula is C20H25N5O5. The third kappa shape index (κ3) is 5.80. The minimum Gasteiger partial charge on any atom is -0.467 e. The van der Waals surface area contributed by atoms with E-state index in [9.17, 15) is 19.7 Å². The van der Waals surface area contributed by atoms with Gasteiger partial charge in [0.2, 0.25) is 11.8 Å². The van der Waals surface area contributed by atoms with Gasteiger partial charge in [-0.25, -0.2) is 0 Å². The van der Waals surface area contributed by atoms with Gasteiger partial charge in [0.25, 0.3) is 5.69 Å². The number of carbonyl (C=O) groups is 2. The minimum atomic E-state index is -0.416. The first-order valence-corrected chi connectivity index (χ1v) is 9.67. The molecule has 10 nitrogen and oxygen atoms in total. The van der Waals surface area contributed by atoms with E-state index in [0.717, 1.165) is 18.8 Å². The molecule has 0 bridgehead atoms. The highest BCUT2D eigenvalue weighted by Gasteiger charge is 2.22. The van der Waals surface area contributed by atoms with Gasteiger partial charge in [0.15, 0.2) is 0 Å². The number of piperazine rings is 1. The van der Waals surface area contributed by atoms with E-state index in [1.54, 1.807) is 37.6 Å². The summed E-state index contributed by atoms with van der Waals surface area (Å²) >= 11 is 0. The zero-order valence-corrected chi connectivity index (χ0v) is 16.8. The largest absolute Gasteiger partial charge is 0.467 e. The Kier molecular flexibility index (Phi) is 7.02. The van der Waals surface area contributed by atoms with Crippen LogP contribution >= 0.6 is 0 Å². The molecule has 1 aromatic carbocycles. The molecular weight excluding hydrogens is 390 g/mol. The highest BCUT2D eigenvalue weighted by Crippen LogP contribution is 2.20. The molecule has 2 amide bonds. The van der Waals surface area contributed by atoms with E-state index < -0.39 is 4.92 Å². The third-order valence-electron chi connectivity index (χ3n) is 5.00. The van der Waals surface area contributed by atoms with Crippen molar-refractivity contribution >= 4 is 23.2 Å². The van der Waals surface area contributed by atoms with Crippen LogP contribution in [-0.4, -0.2) is 72.9 Å². The van der Waals surface area contributed by atoms with Gasteiger partial charge in [-0.2, -0.15) is 0 Å². The highest BCUT2D eigenvalue weighted by molar-refractivity contribution is 5.85. The number of hydrogen-bond acceptors (Lipinski definition) is 7. The van der Waals surface area contributed by atoms with Gasteiger partial charge >= 0.3 is 0 Å². The van der Waals surface area contributed by atoms with E-state index in [2.05, 4.69) is 10.2 Å². The molecule has 0 spiro atoms. The molecule has 1 saturated heterocycles. The Hall–Kier alpha value is -3.40. The number of anilines is 1. The maximum Gasteiger partial charge on any atom is 0.269 e. The van der Waals surface area contributed by atoms with Crippen molar-refractivity contribution < 1.29 is 18.9 Å². The number of benzene rings is 1. The molecule has 0 saturated carbocycles. The third-order valence-corrected chi connectivity index (χ3v) is 5.00. The number of nitrogens with one attached hydrogen (secondary N) is 1. The zero-order valence-electron chi connectivity index (χ0n) is 16.8. The summed E-state index contributed by atoms with van der Waals surface area (Å²) in [4.78, 5) is 40.4. The second kappa shape index (κ2) is 9.88. The second-order valence-electron chi connectivity index (χ2n) is 7.14. The van der Waals surface area contributed by atoms with Crippen LogP contribution in [0, 0.1) is 10.1 Å². The number of nitrogens with zero attached hydrogens (tertiary/aromatic N) is 4. The van der Waals surface area contributed by atoms with Crippen molar-refractivity contribution in [2.24, 2.45) is 0 Å². The van der Waals surface area contributed by atoms with Gasteiger partial charge in [0, 0.05) is 51.0 Å². The lowest BCUT2D eigenvalue weighted by atomic mass is 10.2. The standard InChI is InChI=1S/C20H25N5O5/c1-22(14-19(26)21-13-18-3-2-12-30-18)20(27)15-23-8-10-24(11-9-23)16-4-6-17(7-5-16)25(28)29/h2-7,12H,8-11,13-15H2,1H3,(H,21,26).